The summed E-state index contributed by atoms with van der Waals surface area (Å²) in [6.07, 6.45) is -3.51. The number of alkyl halides is 3. The molecule has 0 saturated heterocycles. The van der Waals surface area contributed by atoms with Crippen molar-refractivity contribution in [2.75, 3.05) is 7.11 Å². The van der Waals surface area contributed by atoms with Gasteiger partial charge in [0, 0.05) is 28.9 Å². The number of rotatable bonds is 6. The zero-order valence-electron chi connectivity index (χ0n) is 17.9. The van der Waals surface area contributed by atoms with Crippen molar-refractivity contribution in [2.24, 2.45) is 0 Å². The van der Waals surface area contributed by atoms with Gasteiger partial charge in [-0.1, -0.05) is 37.0 Å². The molecule has 0 aliphatic heterocycles. The summed E-state index contributed by atoms with van der Waals surface area (Å²) in [6, 6.07) is 6.78. The second-order valence-electron chi connectivity index (χ2n) is 7.44. The van der Waals surface area contributed by atoms with Gasteiger partial charge in [0.15, 0.2) is 0 Å². The van der Waals surface area contributed by atoms with E-state index in [1.54, 1.807) is 13.8 Å². The van der Waals surface area contributed by atoms with Crippen LogP contribution in [0.1, 0.15) is 41.6 Å². The van der Waals surface area contributed by atoms with Gasteiger partial charge >= 0.3 is 6.18 Å². The van der Waals surface area contributed by atoms with Crippen LogP contribution < -0.4 is 9.46 Å². The molecule has 34 heavy (non-hydrogen) atoms. The van der Waals surface area contributed by atoms with E-state index in [9.17, 15) is 26.4 Å². The number of aromatic nitrogens is 2. The van der Waals surface area contributed by atoms with E-state index in [0.29, 0.717) is 0 Å². The Hall–Kier alpha value is -2.76. The third kappa shape index (κ3) is 5.48. The molecule has 1 N–H and O–H groups in total. The van der Waals surface area contributed by atoms with Crippen LogP contribution in [0.25, 0.3) is 5.69 Å². The monoisotopic (exact) mass is 535 g/mol. The Morgan fingerprint density at radius 1 is 1.15 bits per heavy atom. The van der Waals surface area contributed by atoms with Crippen LogP contribution in [0.15, 0.2) is 47.5 Å². The van der Waals surface area contributed by atoms with Crippen molar-refractivity contribution in [3.8, 4) is 11.4 Å². The lowest BCUT2D eigenvalue weighted by atomic mass is 10.1. The number of nitrogens with one attached hydrogen (secondary N) is 1. The molecule has 0 aliphatic carbocycles. The Balaban J connectivity index is 2.02. The molecule has 3 aromatic rings. The predicted octanol–water partition coefficient (Wildman–Crippen LogP) is 5.45. The van der Waals surface area contributed by atoms with E-state index in [1.165, 1.54) is 29.9 Å². The van der Waals surface area contributed by atoms with Crippen molar-refractivity contribution in [3.63, 3.8) is 0 Å². The van der Waals surface area contributed by atoms with E-state index in [4.69, 9.17) is 27.9 Å². The molecule has 7 nitrogen and oxygen atoms in total. The molecule has 0 fully saturated rings. The quantitative estimate of drug-likeness (QED) is 0.453. The number of nitrogens with zero attached hydrogens (tertiary/aromatic N) is 2. The fraction of sp³-hybridized carbons (Fsp3) is 0.238. The molecular weight excluding hydrogens is 518 g/mol. The van der Waals surface area contributed by atoms with Crippen LogP contribution in [-0.2, 0) is 16.2 Å². The molecule has 0 atom stereocenters. The lowest BCUT2D eigenvalue weighted by Crippen LogP contribution is -2.31. The van der Waals surface area contributed by atoms with Crippen molar-refractivity contribution >= 4 is 39.1 Å². The average molecular weight is 536 g/mol. The first kappa shape index (κ1) is 25.9. The first-order valence-corrected chi connectivity index (χ1v) is 11.8. The highest BCUT2D eigenvalue weighted by Crippen LogP contribution is 2.34. The molecule has 13 heteroatoms. The number of benzene rings is 2. The van der Waals surface area contributed by atoms with Crippen LogP contribution in [0.5, 0.6) is 5.75 Å². The summed E-state index contributed by atoms with van der Waals surface area (Å²) in [7, 11) is -3.09. The van der Waals surface area contributed by atoms with E-state index < -0.39 is 32.6 Å². The van der Waals surface area contributed by atoms with Crippen LogP contribution in [-0.4, -0.2) is 31.0 Å². The molecule has 2 aromatic carbocycles. The first-order chi connectivity index (χ1) is 15.7. The molecule has 0 saturated carbocycles. The van der Waals surface area contributed by atoms with Gasteiger partial charge in [0.2, 0.25) is 0 Å². The number of carbonyl (C=O) groups is 1. The normalized spacial score (nSPS) is 12.1. The molecule has 0 aliphatic rings. The van der Waals surface area contributed by atoms with Gasteiger partial charge in [-0.25, -0.2) is 18.1 Å². The molecule has 1 heterocycles. The van der Waals surface area contributed by atoms with Crippen LogP contribution >= 0.6 is 23.2 Å². The third-order valence-electron chi connectivity index (χ3n) is 4.63. The number of ether oxygens (including phenoxy) is 1. The number of carbonyl (C=O) groups excluding carboxylic acids is 1. The minimum atomic E-state index is -4.65. The standard InChI is InChI=1S/C21H18Cl2F3N3O4S/c1-11(2)19-27-17(10-29(19)14-7-12(21(24,25)26)6-13(22)8-14)20(30)28-34(31,32)18-9-15(33-3)4-5-16(18)23/h4-11H,1-3H3,(H,28,30). The maximum Gasteiger partial charge on any atom is 0.416 e. The Bertz CT molecular complexity index is 1360. The Morgan fingerprint density at radius 2 is 1.82 bits per heavy atom. The first-order valence-electron chi connectivity index (χ1n) is 9.61. The van der Waals surface area contributed by atoms with E-state index in [2.05, 4.69) is 4.98 Å². The molecule has 1 aromatic heterocycles. The maximum absolute atomic E-state index is 13.3. The lowest BCUT2D eigenvalue weighted by Gasteiger charge is -2.13. The molecule has 0 bridgehead atoms. The highest BCUT2D eigenvalue weighted by atomic mass is 35.5. The van der Waals surface area contributed by atoms with E-state index in [-0.39, 0.29) is 38.9 Å². The van der Waals surface area contributed by atoms with Crippen molar-refractivity contribution in [2.45, 2.75) is 30.8 Å². The number of amides is 1. The summed E-state index contributed by atoms with van der Waals surface area (Å²) in [5.41, 5.74) is -1.31. The Morgan fingerprint density at radius 3 is 2.41 bits per heavy atom. The summed E-state index contributed by atoms with van der Waals surface area (Å²) in [6.45, 7) is 3.42. The van der Waals surface area contributed by atoms with Gasteiger partial charge in [-0.05, 0) is 30.3 Å². The minimum absolute atomic E-state index is 0.00812. The topological polar surface area (TPSA) is 90.3 Å². The van der Waals surface area contributed by atoms with Gasteiger partial charge in [0.25, 0.3) is 15.9 Å². The van der Waals surface area contributed by atoms with Gasteiger partial charge < -0.3 is 9.30 Å². The van der Waals surface area contributed by atoms with Crippen LogP contribution in [0.2, 0.25) is 10.0 Å². The Kier molecular flexibility index (Phi) is 7.20. The van der Waals surface area contributed by atoms with Gasteiger partial charge in [0.05, 0.1) is 17.7 Å². The van der Waals surface area contributed by atoms with Crippen molar-refractivity contribution in [1.29, 1.82) is 0 Å². The number of halogens is 5. The van der Waals surface area contributed by atoms with Gasteiger partial charge in [-0.2, -0.15) is 13.2 Å². The molecule has 0 spiro atoms. The predicted molar refractivity (Wildman–Crippen MR) is 120 cm³/mol. The number of methoxy groups -OCH3 is 1. The number of hydrogen-bond donors (Lipinski definition) is 1. The zero-order valence-corrected chi connectivity index (χ0v) is 20.3. The van der Waals surface area contributed by atoms with Gasteiger partial charge in [-0.3, -0.25) is 4.79 Å². The second kappa shape index (κ2) is 9.47. The fourth-order valence-electron chi connectivity index (χ4n) is 3.04. The number of sulfonamides is 1. The molecule has 0 radical (unpaired) electrons. The van der Waals surface area contributed by atoms with Crippen LogP contribution in [0, 0.1) is 0 Å². The average Bonchev–Trinajstić information content (AvgIpc) is 3.19. The number of hydrogen-bond acceptors (Lipinski definition) is 5. The van der Waals surface area contributed by atoms with E-state index in [1.807, 2.05) is 4.72 Å². The SMILES string of the molecule is COc1ccc(Cl)c(S(=O)(=O)NC(=O)c2cn(-c3cc(Cl)cc(C(F)(F)F)c3)c(C(C)C)n2)c1. The fourth-order valence-corrected chi connectivity index (χ4v) is 4.75. The summed E-state index contributed by atoms with van der Waals surface area (Å²) < 4.78 is 73.4. The van der Waals surface area contributed by atoms with Gasteiger partial charge in [0.1, 0.15) is 22.2 Å². The second-order valence-corrected chi connectivity index (χ2v) is 9.93. The molecule has 182 valence electrons. The molecule has 0 unspecified atom stereocenters. The largest absolute Gasteiger partial charge is 0.497 e. The van der Waals surface area contributed by atoms with Crippen molar-refractivity contribution in [1.82, 2.24) is 14.3 Å². The summed E-state index contributed by atoms with van der Waals surface area (Å²) in [5, 5.41) is -0.317. The van der Waals surface area contributed by atoms with Crippen molar-refractivity contribution in [3.05, 3.63) is 69.7 Å². The zero-order chi connectivity index (χ0) is 25.4. The molecular formula is C21H18Cl2F3N3O4S. The van der Waals surface area contributed by atoms with Crippen LogP contribution in [0.4, 0.5) is 13.2 Å². The van der Waals surface area contributed by atoms with Crippen LogP contribution in [0.3, 0.4) is 0 Å². The Labute approximate surface area is 203 Å². The summed E-state index contributed by atoms with van der Waals surface area (Å²) in [5.74, 6) is -1.01. The smallest absolute Gasteiger partial charge is 0.416 e. The third-order valence-corrected chi connectivity index (χ3v) is 6.66. The molecule has 1 amide bonds. The van der Waals surface area contributed by atoms with E-state index >= 15 is 0 Å². The number of imidazole rings is 1. The van der Waals surface area contributed by atoms with E-state index in [0.717, 1.165) is 24.4 Å². The maximum atomic E-state index is 13.3. The lowest BCUT2D eigenvalue weighted by molar-refractivity contribution is -0.137. The summed E-state index contributed by atoms with van der Waals surface area (Å²) in [4.78, 5) is 16.5. The highest BCUT2D eigenvalue weighted by Gasteiger charge is 2.32. The summed E-state index contributed by atoms with van der Waals surface area (Å²) >= 11 is 11.9. The highest BCUT2D eigenvalue weighted by molar-refractivity contribution is 7.90. The van der Waals surface area contributed by atoms with Crippen molar-refractivity contribution < 1.29 is 31.1 Å². The molecule has 3 rings (SSSR count). The van der Waals surface area contributed by atoms with Gasteiger partial charge in [-0.15, -0.1) is 0 Å². The minimum Gasteiger partial charge on any atom is -0.497 e.